The van der Waals surface area contributed by atoms with Crippen LogP contribution in [0.15, 0.2) is 18.2 Å². The summed E-state index contributed by atoms with van der Waals surface area (Å²) in [5.74, 6) is 0. The molecule has 0 aliphatic heterocycles. The van der Waals surface area contributed by atoms with Gasteiger partial charge in [0, 0.05) is 19.2 Å². The summed E-state index contributed by atoms with van der Waals surface area (Å²) in [6, 6.07) is 5.35. The number of carbonyl (C=O) groups excluding carboxylic acids is 1. The first-order valence-electron chi connectivity index (χ1n) is 4.65. The van der Waals surface area contributed by atoms with E-state index in [4.69, 9.17) is 11.6 Å². The first-order chi connectivity index (χ1) is 6.69. The van der Waals surface area contributed by atoms with Crippen LogP contribution in [0.1, 0.15) is 23.7 Å². The van der Waals surface area contributed by atoms with Gasteiger partial charge in [0.1, 0.15) is 6.29 Å². The van der Waals surface area contributed by atoms with Gasteiger partial charge in [-0.3, -0.25) is 4.79 Å². The van der Waals surface area contributed by atoms with E-state index in [-0.39, 0.29) is 0 Å². The largest absolute Gasteiger partial charge is 0.373 e. The van der Waals surface area contributed by atoms with Crippen LogP contribution in [0.2, 0.25) is 5.02 Å². The second kappa shape index (κ2) is 5.01. The second-order valence-electron chi connectivity index (χ2n) is 3.25. The van der Waals surface area contributed by atoms with Gasteiger partial charge in [-0.15, -0.1) is 0 Å². The topological polar surface area (TPSA) is 20.3 Å². The van der Waals surface area contributed by atoms with Gasteiger partial charge in [0.2, 0.25) is 0 Å². The van der Waals surface area contributed by atoms with Gasteiger partial charge in [-0.2, -0.15) is 0 Å². The average Bonchev–Trinajstić information content (AvgIpc) is 2.17. The predicted octanol–water partition coefficient (Wildman–Crippen LogP) is 3.00. The van der Waals surface area contributed by atoms with E-state index in [1.807, 2.05) is 13.1 Å². The Morgan fingerprint density at radius 3 is 2.71 bits per heavy atom. The van der Waals surface area contributed by atoms with E-state index in [2.05, 4.69) is 11.8 Å². The highest BCUT2D eigenvalue weighted by molar-refractivity contribution is 6.33. The standard InChI is InChI=1S/C11H14ClNO/c1-3-6-13(2)11-5-4-9(8-14)7-10(11)12/h4-5,7-8H,3,6H2,1-2H3. The summed E-state index contributed by atoms with van der Waals surface area (Å²) in [7, 11) is 1.99. The molecule has 0 heterocycles. The van der Waals surface area contributed by atoms with Crippen molar-refractivity contribution in [3.05, 3.63) is 28.8 Å². The Balaban J connectivity index is 2.93. The minimum Gasteiger partial charge on any atom is -0.373 e. The molecule has 0 fully saturated rings. The van der Waals surface area contributed by atoms with Gasteiger partial charge in [0.25, 0.3) is 0 Å². The molecule has 76 valence electrons. The van der Waals surface area contributed by atoms with Gasteiger partial charge < -0.3 is 4.90 Å². The molecule has 0 radical (unpaired) electrons. The van der Waals surface area contributed by atoms with Gasteiger partial charge in [-0.25, -0.2) is 0 Å². The fourth-order valence-electron chi connectivity index (χ4n) is 1.36. The maximum absolute atomic E-state index is 10.5. The van der Waals surface area contributed by atoms with Gasteiger partial charge in [-0.1, -0.05) is 18.5 Å². The van der Waals surface area contributed by atoms with Crippen LogP contribution in [0, 0.1) is 0 Å². The highest BCUT2D eigenvalue weighted by Gasteiger charge is 2.05. The maximum atomic E-state index is 10.5. The van der Waals surface area contributed by atoms with Crippen LogP contribution in [0.25, 0.3) is 0 Å². The zero-order chi connectivity index (χ0) is 10.6. The van der Waals surface area contributed by atoms with E-state index >= 15 is 0 Å². The van der Waals surface area contributed by atoms with Crippen LogP contribution in [-0.4, -0.2) is 19.9 Å². The number of halogens is 1. The molecular weight excluding hydrogens is 198 g/mol. The van der Waals surface area contributed by atoms with Crippen molar-refractivity contribution in [3.63, 3.8) is 0 Å². The van der Waals surface area contributed by atoms with E-state index in [0.29, 0.717) is 10.6 Å². The summed E-state index contributed by atoms with van der Waals surface area (Å²) in [6.45, 7) is 3.07. The Morgan fingerprint density at radius 1 is 1.50 bits per heavy atom. The molecule has 0 aliphatic carbocycles. The fourth-order valence-corrected chi connectivity index (χ4v) is 1.70. The molecule has 14 heavy (non-hydrogen) atoms. The van der Waals surface area contributed by atoms with Crippen LogP contribution in [0.5, 0.6) is 0 Å². The van der Waals surface area contributed by atoms with Gasteiger partial charge in [0.15, 0.2) is 0 Å². The lowest BCUT2D eigenvalue weighted by atomic mass is 10.2. The van der Waals surface area contributed by atoms with E-state index in [1.54, 1.807) is 12.1 Å². The molecule has 1 aromatic rings. The summed E-state index contributed by atoms with van der Waals surface area (Å²) in [5, 5.41) is 0.630. The van der Waals surface area contributed by atoms with Crippen molar-refractivity contribution < 1.29 is 4.79 Å². The van der Waals surface area contributed by atoms with E-state index in [0.717, 1.165) is 24.9 Å². The first-order valence-corrected chi connectivity index (χ1v) is 5.02. The molecule has 0 aromatic heterocycles. The van der Waals surface area contributed by atoms with Crippen molar-refractivity contribution in [2.75, 3.05) is 18.5 Å². The number of anilines is 1. The number of hydrogen-bond acceptors (Lipinski definition) is 2. The van der Waals surface area contributed by atoms with Crippen molar-refractivity contribution in [2.45, 2.75) is 13.3 Å². The van der Waals surface area contributed by atoms with Crippen LogP contribution in [-0.2, 0) is 0 Å². The summed E-state index contributed by atoms with van der Waals surface area (Å²) in [4.78, 5) is 12.6. The van der Waals surface area contributed by atoms with Gasteiger partial charge >= 0.3 is 0 Å². The smallest absolute Gasteiger partial charge is 0.150 e. The summed E-state index contributed by atoms with van der Waals surface area (Å²) >= 11 is 6.04. The Hall–Kier alpha value is -1.02. The zero-order valence-corrected chi connectivity index (χ0v) is 9.21. The van der Waals surface area contributed by atoms with Crippen molar-refractivity contribution >= 4 is 23.6 Å². The zero-order valence-electron chi connectivity index (χ0n) is 8.46. The maximum Gasteiger partial charge on any atom is 0.150 e. The Kier molecular flexibility index (Phi) is 3.96. The number of aldehydes is 1. The normalized spacial score (nSPS) is 9.93. The lowest BCUT2D eigenvalue weighted by Gasteiger charge is -2.19. The number of carbonyl (C=O) groups is 1. The van der Waals surface area contributed by atoms with E-state index in [1.165, 1.54) is 0 Å². The summed E-state index contributed by atoms with van der Waals surface area (Å²) in [6.07, 6.45) is 1.87. The molecule has 0 saturated heterocycles. The molecule has 0 spiro atoms. The molecule has 2 nitrogen and oxygen atoms in total. The van der Waals surface area contributed by atoms with Crippen LogP contribution in [0.3, 0.4) is 0 Å². The minimum atomic E-state index is 0.614. The third kappa shape index (κ3) is 2.48. The summed E-state index contributed by atoms with van der Waals surface area (Å²) in [5.41, 5.74) is 1.59. The van der Waals surface area contributed by atoms with Crippen molar-refractivity contribution in [2.24, 2.45) is 0 Å². The number of nitrogens with zero attached hydrogens (tertiary/aromatic N) is 1. The van der Waals surface area contributed by atoms with Crippen LogP contribution >= 0.6 is 11.6 Å². The van der Waals surface area contributed by atoms with E-state index in [9.17, 15) is 4.79 Å². The third-order valence-electron chi connectivity index (χ3n) is 2.08. The minimum absolute atomic E-state index is 0.614. The predicted molar refractivity (Wildman–Crippen MR) is 60.4 cm³/mol. The molecule has 3 heteroatoms. The van der Waals surface area contributed by atoms with E-state index < -0.39 is 0 Å². The summed E-state index contributed by atoms with van der Waals surface area (Å²) < 4.78 is 0. The average molecular weight is 212 g/mol. The molecule has 0 bridgehead atoms. The molecule has 0 aliphatic rings. The Morgan fingerprint density at radius 2 is 2.21 bits per heavy atom. The molecule has 0 N–H and O–H groups in total. The van der Waals surface area contributed by atoms with Crippen molar-refractivity contribution in [1.82, 2.24) is 0 Å². The highest BCUT2D eigenvalue weighted by atomic mass is 35.5. The van der Waals surface area contributed by atoms with Crippen molar-refractivity contribution in [3.8, 4) is 0 Å². The van der Waals surface area contributed by atoms with Crippen LogP contribution < -0.4 is 4.90 Å². The van der Waals surface area contributed by atoms with Crippen molar-refractivity contribution in [1.29, 1.82) is 0 Å². The Bertz CT molecular complexity index is 325. The molecular formula is C11H14ClNO. The molecule has 0 unspecified atom stereocenters. The highest BCUT2D eigenvalue weighted by Crippen LogP contribution is 2.25. The lowest BCUT2D eigenvalue weighted by Crippen LogP contribution is -2.18. The SMILES string of the molecule is CCCN(C)c1ccc(C=O)cc1Cl. The van der Waals surface area contributed by atoms with Crippen LogP contribution in [0.4, 0.5) is 5.69 Å². The molecule has 0 saturated carbocycles. The number of rotatable bonds is 4. The molecule has 1 aromatic carbocycles. The second-order valence-corrected chi connectivity index (χ2v) is 3.66. The van der Waals surface area contributed by atoms with Gasteiger partial charge in [-0.05, 0) is 24.6 Å². The number of hydrogen-bond donors (Lipinski definition) is 0. The molecule has 0 atom stereocenters. The quantitative estimate of drug-likeness (QED) is 0.714. The first kappa shape index (κ1) is 11.1. The monoisotopic (exact) mass is 211 g/mol. The fraction of sp³-hybridized carbons (Fsp3) is 0.364. The Labute approximate surface area is 89.5 Å². The van der Waals surface area contributed by atoms with Gasteiger partial charge in [0.05, 0.1) is 10.7 Å². The lowest BCUT2D eigenvalue weighted by molar-refractivity contribution is 0.112. The number of benzene rings is 1. The molecule has 1 rings (SSSR count). The third-order valence-corrected chi connectivity index (χ3v) is 2.38. The molecule has 0 amide bonds.